The molecule has 0 aromatic heterocycles. The van der Waals surface area contributed by atoms with E-state index in [4.69, 9.17) is 10.00 Å². The minimum Gasteiger partial charge on any atom is -0.494 e. The first-order valence-corrected chi connectivity index (χ1v) is 6.12. The molecule has 4 heteroatoms. The molecule has 0 aliphatic rings. The van der Waals surface area contributed by atoms with Crippen LogP contribution in [0.2, 0.25) is 0 Å². The minimum atomic E-state index is -0.110. The van der Waals surface area contributed by atoms with Gasteiger partial charge in [0, 0.05) is 12.1 Å². The first kappa shape index (κ1) is 14.0. The van der Waals surface area contributed by atoms with E-state index in [-0.39, 0.29) is 12.5 Å². The van der Waals surface area contributed by atoms with Crippen LogP contribution in [0.3, 0.4) is 0 Å². The highest BCUT2D eigenvalue weighted by Gasteiger charge is 2.14. The van der Waals surface area contributed by atoms with E-state index in [0.29, 0.717) is 18.7 Å². The normalized spacial score (nSPS) is 9.61. The predicted octanol–water partition coefficient (Wildman–Crippen LogP) is 2.46. The molecule has 0 radical (unpaired) electrons. The summed E-state index contributed by atoms with van der Waals surface area (Å²) in [7, 11) is 0. The van der Waals surface area contributed by atoms with Gasteiger partial charge in [-0.2, -0.15) is 5.26 Å². The zero-order valence-corrected chi connectivity index (χ0v) is 10.8. The standard InChI is InChI=1S/C14H18N2O2/c1-3-10-16(11-9-15)14(17)12-5-7-13(8-6-12)18-4-2/h5-8H,3-4,10-11H2,1-2H3. The van der Waals surface area contributed by atoms with Gasteiger partial charge in [0.05, 0.1) is 12.7 Å². The summed E-state index contributed by atoms with van der Waals surface area (Å²) in [4.78, 5) is 13.7. The van der Waals surface area contributed by atoms with Gasteiger partial charge in [-0.3, -0.25) is 4.79 Å². The van der Waals surface area contributed by atoms with Gasteiger partial charge in [0.2, 0.25) is 0 Å². The smallest absolute Gasteiger partial charge is 0.254 e. The second-order valence-corrected chi connectivity index (χ2v) is 3.84. The Bertz CT molecular complexity index is 420. The maximum absolute atomic E-state index is 12.1. The van der Waals surface area contributed by atoms with Crippen molar-refractivity contribution < 1.29 is 9.53 Å². The molecule has 96 valence electrons. The molecule has 18 heavy (non-hydrogen) atoms. The third-order valence-corrected chi connectivity index (χ3v) is 2.45. The predicted molar refractivity (Wildman–Crippen MR) is 69.4 cm³/mol. The van der Waals surface area contributed by atoms with E-state index < -0.39 is 0 Å². The van der Waals surface area contributed by atoms with Crippen LogP contribution in [0.1, 0.15) is 30.6 Å². The molecule has 0 aliphatic heterocycles. The van der Waals surface area contributed by atoms with Crippen molar-refractivity contribution in [1.82, 2.24) is 4.90 Å². The Morgan fingerprint density at radius 3 is 2.50 bits per heavy atom. The Labute approximate surface area is 108 Å². The summed E-state index contributed by atoms with van der Waals surface area (Å²) in [6.45, 7) is 5.22. The van der Waals surface area contributed by atoms with Crippen LogP contribution in [0.15, 0.2) is 24.3 Å². The number of benzene rings is 1. The van der Waals surface area contributed by atoms with Crippen LogP contribution in [-0.2, 0) is 0 Å². The highest BCUT2D eigenvalue weighted by molar-refractivity contribution is 5.94. The number of rotatable bonds is 6. The molecule has 4 nitrogen and oxygen atoms in total. The maximum Gasteiger partial charge on any atom is 0.254 e. The number of carbonyl (C=O) groups is 1. The Kier molecular flexibility index (Phi) is 5.72. The SMILES string of the molecule is CCCN(CC#N)C(=O)c1ccc(OCC)cc1. The summed E-state index contributed by atoms with van der Waals surface area (Å²) in [5, 5.41) is 8.71. The summed E-state index contributed by atoms with van der Waals surface area (Å²) in [5.41, 5.74) is 0.585. The molecule has 1 amide bonds. The molecule has 0 aliphatic carbocycles. The number of amides is 1. The van der Waals surface area contributed by atoms with Crippen molar-refractivity contribution in [2.24, 2.45) is 0 Å². The van der Waals surface area contributed by atoms with Gasteiger partial charge in [0.15, 0.2) is 0 Å². The zero-order valence-electron chi connectivity index (χ0n) is 10.8. The monoisotopic (exact) mass is 246 g/mol. The van der Waals surface area contributed by atoms with Gasteiger partial charge in [-0.05, 0) is 37.6 Å². The second-order valence-electron chi connectivity index (χ2n) is 3.84. The largest absolute Gasteiger partial charge is 0.494 e. The van der Waals surface area contributed by atoms with Gasteiger partial charge in [0.25, 0.3) is 5.91 Å². The van der Waals surface area contributed by atoms with E-state index >= 15 is 0 Å². The highest BCUT2D eigenvalue weighted by Crippen LogP contribution is 2.13. The van der Waals surface area contributed by atoms with Crippen molar-refractivity contribution in [3.05, 3.63) is 29.8 Å². The molecule has 0 atom stereocenters. The van der Waals surface area contributed by atoms with Gasteiger partial charge in [-0.1, -0.05) is 6.92 Å². The van der Waals surface area contributed by atoms with Gasteiger partial charge >= 0.3 is 0 Å². The Balaban J connectivity index is 2.78. The summed E-state index contributed by atoms with van der Waals surface area (Å²) in [6.07, 6.45) is 0.838. The summed E-state index contributed by atoms with van der Waals surface area (Å²) < 4.78 is 5.32. The van der Waals surface area contributed by atoms with Crippen molar-refractivity contribution in [3.8, 4) is 11.8 Å². The van der Waals surface area contributed by atoms with Crippen LogP contribution in [0.25, 0.3) is 0 Å². The molecule has 0 bridgehead atoms. The number of nitriles is 1. The van der Waals surface area contributed by atoms with Gasteiger partial charge in [0.1, 0.15) is 12.3 Å². The zero-order chi connectivity index (χ0) is 13.4. The molecule has 0 saturated heterocycles. The van der Waals surface area contributed by atoms with Crippen molar-refractivity contribution in [2.75, 3.05) is 19.7 Å². The van der Waals surface area contributed by atoms with Crippen LogP contribution in [-0.4, -0.2) is 30.5 Å². The number of hydrogen-bond donors (Lipinski definition) is 0. The number of carbonyl (C=O) groups excluding carboxylic acids is 1. The third kappa shape index (κ3) is 3.77. The highest BCUT2D eigenvalue weighted by atomic mass is 16.5. The average molecular weight is 246 g/mol. The lowest BCUT2D eigenvalue weighted by atomic mass is 10.2. The third-order valence-electron chi connectivity index (χ3n) is 2.45. The fraction of sp³-hybridized carbons (Fsp3) is 0.429. The van der Waals surface area contributed by atoms with Crippen LogP contribution in [0.5, 0.6) is 5.75 Å². The molecule has 1 rings (SSSR count). The molecule has 0 heterocycles. The second kappa shape index (κ2) is 7.33. The fourth-order valence-corrected chi connectivity index (χ4v) is 1.65. The molecule has 0 spiro atoms. The van der Waals surface area contributed by atoms with Crippen molar-refractivity contribution >= 4 is 5.91 Å². The van der Waals surface area contributed by atoms with Crippen molar-refractivity contribution in [3.63, 3.8) is 0 Å². The lowest BCUT2D eigenvalue weighted by molar-refractivity contribution is 0.0776. The maximum atomic E-state index is 12.1. The quantitative estimate of drug-likeness (QED) is 0.724. The minimum absolute atomic E-state index is 0.110. The van der Waals surface area contributed by atoms with Crippen LogP contribution < -0.4 is 4.74 Å². The Hall–Kier alpha value is -2.02. The van der Waals surface area contributed by atoms with Gasteiger partial charge in [-0.15, -0.1) is 0 Å². The van der Waals surface area contributed by atoms with E-state index in [0.717, 1.165) is 12.2 Å². The lowest BCUT2D eigenvalue weighted by Crippen LogP contribution is -2.32. The molecule has 0 unspecified atom stereocenters. The van der Waals surface area contributed by atoms with Crippen molar-refractivity contribution in [1.29, 1.82) is 5.26 Å². The van der Waals surface area contributed by atoms with E-state index in [9.17, 15) is 4.79 Å². The first-order chi connectivity index (χ1) is 8.72. The number of ether oxygens (including phenoxy) is 1. The van der Waals surface area contributed by atoms with Crippen LogP contribution in [0, 0.1) is 11.3 Å². The van der Waals surface area contributed by atoms with Gasteiger partial charge < -0.3 is 9.64 Å². The Morgan fingerprint density at radius 1 is 1.33 bits per heavy atom. The van der Waals surface area contributed by atoms with E-state index in [1.54, 1.807) is 29.2 Å². The molecular weight excluding hydrogens is 228 g/mol. The van der Waals surface area contributed by atoms with E-state index in [1.807, 2.05) is 19.9 Å². The number of hydrogen-bond acceptors (Lipinski definition) is 3. The first-order valence-electron chi connectivity index (χ1n) is 6.12. The molecule has 1 aromatic rings. The van der Waals surface area contributed by atoms with Crippen molar-refractivity contribution in [2.45, 2.75) is 20.3 Å². The van der Waals surface area contributed by atoms with E-state index in [2.05, 4.69) is 0 Å². The summed E-state index contributed by atoms with van der Waals surface area (Å²) in [6, 6.07) is 9.02. The summed E-state index contributed by atoms with van der Waals surface area (Å²) >= 11 is 0. The van der Waals surface area contributed by atoms with Crippen LogP contribution in [0.4, 0.5) is 0 Å². The molecular formula is C14H18N2O2. The van der Waals surface area contributed by atoms with E-state index in [1.165, 1.54) is 0 Å². The van der Waals surface area contributed by atoms with Crippen LogP contribution >= 0.6 is 0 Å². The molecule has 0 fully saturated rings. The Morgan fingerprint density at radius 2 is 2.00 bits per heavy atom. The molecule has 0 N–H and O–H groups in total. The topological polar surface area (TPSA) is 53.3 Å². The average Bonchev–Trinajstić information content (AvgIpc) is 2.39. The number of nitrogens with zero attached hydrogens (tertiary/aromatic N) is 2. The lowest BCUT2D eigenvalue weighted by Gasteiger charge is -2.18. The fourth-order valence-electron chi connectivity index (χ4n) is 1.65. The van der Waals surface area contributed by atoms with Gasteiger partial charge in [-0.25, -0.2) is 0 Å². The molecule has 0 saturated carbocycles. The summed E-state index contributed by atoms with van der Waals surface area (Å²) in [5.74, 6) is 0.637. The molecule has 1 aromatic carbocycles.